The first-order valence-electron chi connectivity index (χ1n) is 8.46. The fourth-order valence-electron chi connectivity index (χ4n) is 3.11. The summed E-state index contributed by atoms with van der Waals surface area (Å²) in [6, 6.07) is 7.53. The SMILES string of the molecule is CCN1CCN([C@H](CNC(=O)c2ccco2)c2cccnc2)CC1. The molecule has 1 fully saturated rings. The van der Waals surface area contributed by atoms with Crippen LogP contribution in [0, 0.1) is 0 Å². The number of hydrogen-bond donors (Lipinski definition) is 1. The van der Waals surface area contributed by atoms with Gasteiger partial charge in [0.15, 0.2) is 5.76 Å². The molecule has 0 unspecified atom stereocenters. The second-order valence-electron chi connectivity index (χ2n) is 5.96. The second-order valence-corrected chi connectivity index (χ2v) is 5.96. The van der Waals surface area contributed by atoms with E-state index in [0.717, 1.165) is 38.3 Å². The summed E-state index contributed by atoms with van der Waals surface area (Å²) in [4.78, 5) is 21.3. The van der Waals surface area contributed by atoms with Crippen molar-refractivity contribution in [3.8, 4) is 0 Å². The molecule has 0 spiro atoms. The molecule has 0 bridgehead atoms. The van der Waals surface area contributed by atoms with Crippen LogP contribution in [0.2, 0.25) is 0 Å². The number of piperazine rings is 1. The van der Waals surface area contributed by atoms with Crippen LogP contribution in [0.5, 0.6) is 0 Å². The molecule has 0 saturated carbocycles. The van der Waals surface area contributed by atoms with E-state index in [1.807, 2.05) is 12.3 Å². The average molecular weight is 328 g/mol. The molecule has 0 radical (unpaired) electrons. The monoisotopic (exact) mass is 328 g/mol. The van der Waals surface area contributed by atoms with Crippen LogP contribution in [0.15, 0.2) is 47.3 Å². The maximum Gasteiger partial charge on any atom is 0.287 e. The molecule has 0 aliphatic carbocycles. The molecule has 1 aliphatic rings. The number of amides is 1. The molecule has 24 heavy (non-hydrogen) atoms. The van der Waals surface area contributed by atoms with E-state index >= 15 is 0 Å². The van der Waals surface area contributed by atoms with Crippen molar-refractivity contribution in [2.24, 2.45) is 0 Å². The Morgan fingerprint density at radius 1 is 1.29 bits per heavy atom. The van der Waals surface area contributed by atoms with E-state index in [9.17, 15) is 4.79 Å². The summed E-state index contributed by atoms with van der Waals surface area (Å²) in [6.45, 7) is 7.91. The Morgan fingerprint density at radius 2 is 2.12 bits per heavy atom. The first-order chi connectivity index (χ1) is 11.8. The summed E-state index contributed by atoms with van der Waals surface area (Å²) < 4.78 is 5.16. The van der Waals surface area contributed by atoms with Crippen LogP contribution in [0.4, 0.5) is 0 Å². The smallest absolute Gasteiger partial charge is 0.287 e. The van der Waals surface area contributed by atoms with E-state index in [0.29, 0.717) is 12.3 Å². The van der Waals surface area contributed by atoms with Crippen molar-refractivity contribution in [1.82, 2.24) is 20.1 Å². The molecule has 1 N–H and O–H groups in total. The lowest BCUT2D eigenvalue weighted by Crippen LogP contribution is -2.49. The van der Waals surface area contributed by atoms with Gasteiger partial charge in [-0.25, -0.2) is 0 Å². The topological polar surface area (TPSA) is 61.6 Å². The van der Waals surface area contributed by atoms with Gasteiger partial charge in [-0.05, 0) is 30.3 Å². The Kier molecular flexibility index (Phi) is 5.61. The number of aromatic nitrogens is 1. The first-order valence-corrected chi connectivity index (χ1v) is 8.46. The highest BCUT2D eigenvalue weighted by molar-refractivity contribution is 5.91. The third-order valence-electron chi connectivity index (χ3n) is 4.56. The summed E-state index contributed by atoms with van der Waals surface area (Å²) in [5.41, 5.74) is 1.13. The Labute approximate surface area is 142 Å². The van der Waals surface area contributed by atoms with Gasteiger partial charge in [-0.1, -0.05) is 13.0 Å². The van der Waals surface area contributed by atoms with Gasteiger partial charge in [0.1, 0.15) is 0 Å². The van der Waals surface area contributed by atoms with Gasteiger partial charge in [-0.3, -0.25) is 14.7 Å². The summed E-state index contributed by atoms with van der Waals surface area (Å²) >= 11 is 0. The molecule has 1 atom stereocenters. The van der Waals surface area contributed by atoms with Crippen LogP contribution in [0.25, 0.3) is 0 Å². The summed E-state index contributed by atoms with van der Waals surface area (Å²) in [7, 11) is 0. The largest absolute Gasteiger partial charge is 0.459 e. The lowest BCUT2D eigenvalue weighted by Gasteiger charge is -2.39. The van der Waals surface area contributed by atoms with Gasteiger partial charge >= 0.3 is 0 Å². The molecular formula is C18H24N4O2. The highest BCUT2D eigenvalue weighted by atomic mass is 16.3. The molecule has 128 valence electrons. The van der Waals surface area contributed by atoms with Crippen LogP contribution in [-0.4, -0.2) is 60.0 Å². The Balaban J connectivity index is 1.67. The molecule has 3 rings (SSSR count). The highest BCUT2D eigenvalue weighted by Gasteiger charge is 2.25. The number of nitrogens with one attached hydrogen (secondary N) is 1. The molecule has 1 saturated heterocycles. The highest BCUT2D eigenvalue weighted by Crippen LogP contribution is 2.21. The predicted octanol–water partition coefficient (Wildman–Crippen LogP) is 1.78. The number of nitrogens with zero attached hydrogens (tertiary/aromatic N) is 3. The molecule has 2 aromatic heterocycles. The fourth-order valence-corrected chi connectivity index (χ4v) is 3.11. The minimum atomic E-state index is -0.180. The minimum Gasteiger partial charge on any atom is -0.459 e. The maximum atomic E-state index is 12.2. The zero-order valence-electron chi connectivity index (χ0n) is 14.0. The van der Waals surface area contributed by atoms with Crippen molar-refractivity contribution in [2.45, 2.75) is 13.0 Å². The van der Waals surface area contributed by atoms with Gasteiger partial charge in [-0.15, -0.1) is 0 Å². The van der Waals surface area contributed by atoms with Crippen molar-refractivity contribution in [3.05, 3.63) is 54.2 Å². The predicted molar refractivity (Wildman–Crippen MR) is 91.7 cm³/mol. The van der Waals surface area contributed by atoms with Gasteiger partial charge in [0.25, 0.3) is 5.91 Å². The molecule has 6 nitrogen and oxygen atoms in total. The van der Waals surface area contributed by atoms with E-state index < -0.39 is 0 Å². The van der Waals surface area contributed by atoms with Gasteiger partial charge in [0.2, 0.25) is 0 Å². The van der Waals surface area contributed by atoms with Crippen molar-refractivity contribution in [2.75, 3.05) is 39.3 Å². The number of carbonyl (C=O) groups is 1. The van der Waals surface area contributed by atoms with Crippen LogP contribution in [-0.2, 0) is 0 Å². The van der Waals surface area contributed by atoms with Crippen molar-refractivity contribution in [3.63, 3.8) is 0 Å². The second kappa shape index (κ2) is 8.08. The fraction of sp³-hybridized carbons (Fsp3) is 0.444. The Morgan fingerprint density at radius 3 is 2.75 bits per heavy atom. The van der Waals surface area contributed by atoms with Crippen LogP contribution in [0.1, 0.15) is 29.1 Å². The zero-order valence-corrected chi connectivity index (χ0v) is 14.0. The van der Waals surface area contributed by atoms with Crippen molar-refractivity contribution < 1.29 is 9.21 Å². The molecular weight excluding hydrogens is 304 g/mol. The van der Waals surface area contributed by atoms with E-state index in [1.54, 1.807) is 18.3 Å². The zero-order chi connectivity index (χ0) is 16.8. The lowest BCUT2D eigenvalue weighted by atomic mass is 10.1. The molecule has 3 heterocycles. The maximum absolute atomic E-state index is 12.2. The Hall–Kier alpha value is -2.18. The van der Waals surface area contributed by atoms with Crippen LogP contribution >= 0.6 is 0 Å². The van der Waals surface area contributed by atoms with Crippen molar-refractivity contribution >= 4 is 5.91 Å². The molecule has 6 heteroatoms. The first kappa shape index (κ1) is 16.7. The van der Waals surface area contributed by atoms with E-state index in [1.165, 1.54) is 6.26 Å². The quantitative estimate of drug-likeness (QED) is 0.876. The van der Waals surface area contributed by atoms with Crippen LogP contribution in [0.3, 0.4) is 0 Å². The van der Waals surface area contributed by atoms with E-state index in [2.05, 4.69) is 33.1 Å². The van der Waals surface area contributed by atoms with Gasteiger partial charge in [0, 0.05) is 45.1 Å². The molecule has 2 aromatic rings. The van der Waals surface area contributed by atoms with Crippen molar-refractivity contribution in [1.29, 1.82) is 0 Å². The number of carbonyl (C=O) groups excluding carboxylic acids is 1. The number of hydrogen-bond acceptors (Lipinski definition) is 5. The van der Waals surface area contributed by atoms with Crippen LogP contribution < -0.4 is 5.32 Å². The molecule has 0 aromatic carbocycles. The number of likely N-dealkylation sites (N-methyl/N-ethyl adjacent to an activating group) is 1. The van der Waals surface area contributed by atoms with E-state index in [4.69, 9.17) is 4.42 Å². The number of rotatable bonds is 6. The molecule has 1 aliphatic heterocycles. The van der Waals surface area contributed by atoms with Gasteiger partial charge in [0.05, 0.1) is 12.3 Å². The average Bonchev–Trinajstić information content (AvgIpc) is 3.18. The number of furan rings is 1. The summed E-state index contributed by atoms with van der Waals surface area (Å²) in [6.07, 6.45) is 5.17. The van der Waals surface area contributed by atoms with E-state index in [-0.39, 0.29) is 11.9 Å². The molecule has 1 amide bonds. The third kappa shape index (κ3) is 4.01. The minimum absolute atomic E-state index is 0.122. The van der Waals surface area contributed by atoms with Gasteiger partial charge in [-0.2, -0.15) is 0 Å². The third-order valence-corrected chi connectivity index (χ3v) is 4.56. The Bertz CT molecular complexity index is 622. The summed E-state index contributed by atoms with van der Waals surface area (Å²) in [5, 5.41) is 2.99. The standard InChI is InChI=1S/C18H24N4O2/c1-2-21-8-10-22(11-9-21)16(15-5-3-7-19-13-15)14-20-18(23)17-6-4-12-24-17/h3-7,12-13,16H,2,8-11,14H2,1H3,(H,20,23)/t16-/m1/s1. The number of pyridine rings is 1. The summed E-state index contributed by atoms with van der Waals surface area (Å²) in [5.74, 6) is 0.164. The van der Waals surface area contributed by atoms with Gasteiger partial charge < -0.3 is 14.6 Å². The lowest BCUT2D eigenvalue weighted by molar-refractivity contribution is 0.0836. The normalized spacial score (nSPS) is 17.5.